The third-order valence-electron chi connectivity index (χ3n) is 6.74. The second-order valence-corrected chi connectivity index (χ2v) is 9.91. The zero-order valence-corrected chi connectivity index (χ0v) is 19.2. The van der Waals surface area contributed by atoms with Crippen LogP contribution in [0.1, 0.15) is 78.8 Å². The van der Waals surface area contributed by atoms with Gasteiger partial charge < -0.3 is 10.1 Å². The summed E-state index contributed by atoms with van der Waals surface area (Å²) in [7, 11) is 1.58. The molecule has 1 fully saturated rings. The Morgan fingerprint density at radius 2 is 1.78 bits per heavy atom. The lowest BCUT2D eigenvalue weighted by molar-refractivity contribution is 0.0908. The summed E-state index contributed by atoms with van der Waals surface area (Å²) >= 11 is 0. The SMILES string of the molecule is COc1ccc(-n2c3c(cc(C(=O)NCC4CCCCC4)c2=O)C(=O)CC(C)(C)C3)cc1. The smallest absolute Gasteiger partial charge is 0.268 e. The topological polar surface area (TPSA) is 77.4 Å². The van der Waals surface area contributed by atoms with Gasteiger partial charge in [0.25, 0.3) is 11.5 Å². The van der Waals surface area contributed by atoms with E-state index in [0.29, 0.717) is 48.0 Å². The second kappa shape index (κ2) is 8.93. The number of hydrogen-bond acceptors (Lipinski definition) is 4. The highest BCUT2D eigenvalue weighted by molar-refractivity contribution is 6.02. The third-order valence-corrected chi connectivity index (χ3v) is 6.74. The van der Waals surface area contributed by atoms with Crippen LogP contribution in [0, 0.1) is 11.3 Å². The van der Waals surface area contributed by atoms with Gasteiger partial charge in [-0.1, -0.05) is 33.1 Å². The van der Waals surface area contributed by atoms with Crippen LogP contribution in [0.2, 0.25) is 0 Å². The van der Waals surface area contributed by atoms with Gasteiger partial charge in [-0.2, -0.15) is 0 Å². The quantitative estimate of drug-likeness (QED) is 0.758. The van der Waals surface area contributed by atoms with Crippen molar-refractivity contribution >= 4 is 11.7 Å². The highest BCUT2D eigenvalue weighted by Gasteiger charge is 2.35. The average molecular weight is 437 g/mol. The summed E-state index contributed by atoms with van der Waals surface area (Å²) in [6.07, 6.45) is 6.81. The molecule has 1 aromatic heterocycles. The number of nitrogens with one attached hydrogen (secondary N) is 1. The number of amides is 1. The first-order chi connectivity index (χ1) is 15.3. The largest absolute Gasteiger partial charge is 0.497 e. The van der Waals surface area contributed by atoms with Gasteiger partial charge in [0.15, 0.2) is 5.78 Å². The Morgan fingerprint density at radius 1 is 1.09 bits per heavy atom. The lowest BCUT2D eigenvalue weighted by Crippen LogP contribution is -2.39. The number of carbonyl (C=O) groups is 2. The van der Waals surface area contributed by atoms with E-state index in [2.05, 4.69) is 5.32 Å². The molecule has 1 saturated carbocycles. The molecule has 0 unspecified atom stereocenters. The van der Waals surface area contributed by atoms with Gasteiger partial charge in [0.05, 0.1) is 7.11 Å². The van der Waals surface area contributed by atoms with Gasteiger partial charge in [-0.3, -0.25) is 19.0 Å². The van der Waals surface area contributed by atoms with Crippen LogP contribution in [0.5, 0.6) is 5.75 Å². The molecule has 170 valence electrons. The number of Topliss-reactive ketones (excluding diaryl/α,β-unsaturated/α-hetero) is 1. The maximum absolute atomic E-state index is 13.6. The number of aromatic nitrogens is 1. The highest BCUT2D eigenvalue weighted by Crippen LogP contribution is 2.35. The first-order valence-corrected chi connectivity index (χ1v) is 11.5. The van der Waals surface area contributed by atoms with E-state index in [1.54, 1.807) is 35.9 Å². The standard InChI is InChI=1S/C26H32N2O4/c1-26(2)14-22-20(23(29)15-26)13-21(24(30)27-16-17-7-5-4-6-8-17)25(31)28(22)18-9-11-19(32-3)12-10-18/h9-13,17H,4-8,14-16H2,1-3H3,(H,27,30). The fraction of sp³-hybridized carbons (Fsp3) is 0.500. The van der Waals surface area contributed by atoms with E-state index in [-0.39, 0.29) is 22.3 Å². The van der Waals surface area contributed by atoms with Crippen LogP contribution >= 0.6 is 0 Å². The Bertz CT molecular complexity index is 1080. The summed E-state index contributed by atoms with van der Waals surface area (Å²) in [5, 5.41) is 2.96. The van der Waals surface area contributed by atoms with Crippen molar-refractivity contribution in [3.63, 3.8) is 0 Å². The van der Waals surface area contributed by atoms with Crippen LogP contribution in [0.25, 0.3) is 5.69 Å². The lowest BCUT2D eigenvalue weighted by Gasteiger charge is -2.32. The monoisotopic (exact) mass is 436 g/mol. The molecular weight excluding hydrogens is 404 g/mol. The Kier molecular flexibility index (Phi) is 6.22. The van der Waals surface area contributed by atoms with Gasteiger partial charge >= 0.3 is 0 Å². The third kappa shape index (κ3) is 4.50. The lowest BCUT2D eigenvalue weighted by atomic mass is 9.75. The average Bonchev–Trinajstić information content (AvgIpc) is 2.77. The molecule has 0 radical (unpaired) electrons. The van der Waals surface area contributed by atoms with Gasteiger partial charge in [0.1, 0.15) is 11.3 Å². The van der Waals surface area contributed by atoms with Gasteiger partial charge in [-0.05, 0) is 60.9 Å². The first kappa shape index (κ1) is 22.3. The highest BCUT2D eigenvalue weighted by atomic mass is 16.5. The molecule has 1 amide bonds. The van der Waals surface area contributed by atoms with E-state index in [4.69, 9.17) is 4.74 Å². The molecule has 1 N–H and O–H groups in total. The van der Waals surface area contributed by atoms with Crippen molar-refractivity contribution in [3.8, 4) is 11.4 Å². The number of carbonyl (C=O) groups excluding carboxylic acids is 2. The minimum atomic E-state index is -0.400. The van der Waals surface area contributed by atoms with Crippen molar-refractivity contribution < 1.29 is 14.3 Å². The number of rotatable bonds is 5. The molecule has 6 heteroatoms. The molecule has 4 rings (SSSR count). The number of hydrogen-bond donors (Lipinski definition) is 1. The molecule has 6 nitrogen and oxygen atoms in total. The van der Waals surface area contributed by atoms with Crippen molar-refractivity contribution in [3.05, 3.63) is 57.5 Å². The van der Waals surface area contributed by atoms with E-state index >= 15 is 0 Å². The minimum Gasteiger partial charge on any atom is -0.497 e. The van der Waals surface area contributed by atoms with E-state index in [1.165, 1.54) is 25.3 Å². The Hall–Kier alpha value is -2.89. The number of benzene rings is 1. The number of nitrogens with zero attached hydrogens (tertiary/aromatic N) is 1. The molecule has 32 heavy (non-hydrogen) atoms. The molecule has 0 bridgehead atoms. The first-order valence-electron chi connectivity index (χ1n) is 11.5. The zero-order valence-electron chi connectivity index (χ0n) is 19.2. The van der Waals surface area contributed by atoms with E-state index in [9.17, 15) is 14.4 Å². The fourth-order valence-electron chi connectivity index (χ4n) is 5.00. The van der Waals surface area contributed by atoms with Crippen LogP contribution < -0.4 is 15.6 Å². The number of ether oxygens (including phenoxy) is 1. The van der Waals surface area contributed by atoms with Crippen LogP contribution in [-0.2, 0) is 6.42 Å². The van der Waals surface area contributed by atoms with Crippen molar-refractivity contribution in [1.82, 2.24) is 9.88 Å². The van der Waals surface area contributed by atoms with E-state index in [1.807, 2.05) is 13.8 Å². The maximum atomic E-state index is 13.6. The van der Waals surface area contributed by atoms with Crippen LogP contribution in [0.4, 0.5) is 0 Å². The molecular formula is C26H32N2O4. The molecule has 0 saturated heterocycles. The Balaban J connectivity index is 1.76. The summed E-state index contributed by atoms with van der Waals surface area (Å²) in [4.78, 5) is 39.6. The van der Waals surface area contributed by atoms with Crippen molar-refractivity contribution in [2.75, 3.05) is 13.7 Å². The summed E-state index contributed by atoms with van der Waals surface area (Å²) < 4.78 is 6.79. The van der Waals surface area contributed by atoms with Crippen molar-refractivity contribution in [2.45, 2.75) is 58.8 Å². The normalized spacial score (nSPS) is 18.2. The predicted octanol–water partition coefficient (Wildman–Crippen LogP) is 4.31. The Morgan fingerprint density at radius 3 is 2.44 bits per heavy atom. The van der Waals surface area contributed by atoms with Crippen LogP contribution in [0.3, 0.4) is 0 Å². The predicted molar refractivity (Wildman–Crippen MR) is 124 cm³/mol. The van der Waals surface area contributed by atoms with Crippen molar-refractivity contribution in [2.24, 2.45) is 11.3 Å². The fourth-order valence-corrected chi connectivity index (χ4v) is 5.00. The number of methoxy groups -OCH3 is 1. The van der Waals surface area contributed by atoms with Gasteiger partial charge in [0.2, 0.25) is 0 Å². The second-order valence-electron chi connectivity index (χ2n) is 9.91. The zero-order chi connectivity index (χ0) is 22.9. The molecule has 1 aromatic carbocycles. The minimum absolute atomic E-state index is 0.0279. The van der Waals surface area contributed by atoms with E-state index < -0.39 is 5.91 Å². The molecule has 0 spiro atoms. The maximum Gasteiger partial charge on any atom is 0.268 e. The number of pyridine rings is 1. The van der Waals surface area contributed by atoms with E-state index in [0.717, 1.165) is 12.8 Å². The van der Waals surface area contributed by atoms with Gasteiger partial charge in [0, 0.05) is 29.9 Å². The summed E-state index contributed by atoms with van der Waals surface area (Å²) in [6.45, 7) is 4.63. The van der Waals surface area contributed by atoms with Gasteiger partial charge in [-0.15, -0.1) is 0 Å². The summed E-state index contributed by atoms with van der Waals surface area (Å²) in [5.41, 5.74) is 1.16. The molecule has 2 aliphatic rings. The Labute approximate surface area is 189 Å². The summed E-state index contributed by atoms with van der Waals surface area (Å²) in [5.74, 6) is 0.702. The molecule has 1 heterocycles. The molecule has 2 aromatic rings. The molecule has 0 atom stereocenters. The van der Waals surface area contributed by atoms with Crippen molar-refractivity contribution in [1.29, 1.82) is 0 Å². The van der Waals surface area contributed by atoms with Crippen LogP contribution in [-0.4, -0.2) is 29.9 Å². The molecule has 2 aliphatic carbocycles. The molecule has 0 aliphatic heterocycles. The summed E-state index contributed by atoms with van der Waals surface area (Å²) in [6, 6.07) is 8.65. The number of ketones is 1. The van der Waals surface area contributed by atoms with Gasteiger partial charge in [-0.25, -0.2) is 0 Å². The van der Waals surface area contributed by atoms with Crippen LogP contribution in [0.15, 0.2) is 35.1 Å². The number of fused-ring (bicyclic) bond motifs is 1.